The van der Waals surface area contributed by atoms with Crippen LogP contribution in [0.1, 0.15) is 47.4 Å². The lowest BCUT2D eigenvalue weighted by Gasteiger charge is -2.48. The molecule has 0 aliphatic carbocycles. The number of rotatable bonds is 3. The zero-order valence-electron chi connectivity index (χ0n) is 18.0. The number of hydrogen-bond acceptors (Lipinski definition) is 7. The summed E-state index contributed by atoms with van der Waals surface area (Å²) in [6, 6.07) is 4.89. The highest BCUT2D eigenvalue weighted by Gasteiger charge is 2.45. The van der Waals surface area contributed by atoms with Gasteiger partial charge in [0.05, 0.1) is 11.1 Å². The lowest BCUT2D eigenvalue weighted by molar-refractivity contribution is -0.136. The van der Waals surface area contributed by atoms with Crippen molar-refractivity contribution >= 4 is 29.3 Å². The number of benzene rings is 1. The zero-order chi connectivity index (χ0) is 22.1. The molecule has 3 fully saturated rings. The van der Waals surface area contributed by atoms with Gasteiger partial charge in [-0.15, -0.1) is 0 Å². The number of nitrogens with one attached hydrogen (secondary N) is 2. The molecule has 31 heavy (non-hydrogen) atoms. The van der Waals surface area contributed by atoms with Crippen molar-refractivity contribution in [1.29, 1.82) is 0 Å². The van der Waals surface area contributed by atoms with Crippen molar-refractivity contribution in [2.24, 2.45) is 0 Å². The average Bonchev–Trinajstić information content (AvgIpc) is 3.00. The van der Waals surface area contributed by atoms with E-state index in [9.17, 15) is 19.2 Å². The molecular formula is C22H29N5O4. The van der Waals surface area contributed by atoms with Crippen LogP contribution < -0.4 is 15.5 Å². The Morgan fingerprint density at radius 3 is 2.29 bits per heavy atom. The van der Waals surface area contributed by atoms with Gasteiger partial charge in [-0.2, -0.15) is 0 Å². The Hall–Kier alpha value is -2.78. The molecule has 4 aliphatic heterocycles. The van der Waals surface area contributed by atoms with Crippen LogP contribution in [0.2, 0.25) is 0 Å². The van der Waals surface area contributed by atoms with E-state index in [1.54, 1.807) is 12.1 Å². The summed E-state index contributed by atoms with van der Waals surface area (Å²) in [6.07, 6.45) is 0.289. The van der Waals surface area contributed by atoms with Crippen molar-refractivity contribution in [2.75, 3.05) is 44.2 Å². The fraction of sp³-hybridized carbons (Fsp3) is 0.545. The van der Waals surface area contributed by atoms with Gasteiger partial charge in [0.2, 0.25) is 11.8 Å². The molecule has 2 N–H and O–H groups in total. The Morgan fingerprint density at radius 2 is 1.61 bits per heavy atom. The van der Waals surface area contributed by atoms with Crippen LogP contribution in [0.3, 0.4) is 0 Å². The van der Waals surface area contributed by atoms with Crippen molar-refractivity contribution in [3.63, 3.8) is 0 Å². The Morgan fingerprint density at radius 1 is 0.935 bits per heavy atom. The third kappa shape index (κ3) is 3.83. The van der Waals surface area contributed by atoms with E-state index in [2.05, 4.69) is 20.4 Å². The minimum Gasteiger partial charge on any atom is -0.368 e. The molecule has 4 aliphatic rings. The van der Waals surface area contributed by atoms with E-state index in [1.807, 2.05) is 19.9 Å². The van der Waals surface area contributed by atoms with Crippen LogP contribution in [-0.2, 0) is 9.59 Å². The number of imide groups is 2. The van der Waals surface area contributed by atoms with Gasteiger partial charge in [-0.3, -0.25) is 34.3 Å². The van der Waals surface area contributed by atoms with E-state index in [0.29, 0.717) is 17.2 Å². The summed E-state index contributed by atoms with van der Waals surface area (Å²) in [7, 11) is 0. The summed E-state index contributed by atoms with van der Waals surface area (Å²) in [4.78, 5) is 54.9. The summed E-state index contributed by atoms with van der Waals surface area (Å²) < 4.78 is 0. The highest BCUT2D eigenvalue weighted by atomic mass is 16.2. The Balaban J connectivity index is 0.00000112. The largest absolute Gasteiger partial charge is 0.368 e. The monoisotopic (exact) mass is 427 g/mol. The molecule has 4 heterocycles. The summed E-state index contributed by atoms with van der Waals surface area (Å²) in [5, 5.41) is 5.57. The molecule has 5 rings (SSSR count). The number of nitrogens with zero attached hydrogens (tertiary/aromatic N) is 3. The van der Waals surface area contributed by atoms with Gasteiger partial charge < -0.3 is 10.2 Å². The van der Waals surface area contributed by atoms with Gasteiger partial charge in [0.15, 0.2) is 0 Å². The van der Waals surface area contributed by atoms with Crippen molar-refractivity contribution in [3.05, 3.63) is 29.3 Å². The molecule has 0 saturated carbocycles. The summed E-state index contributed by atoms with van der Waals surface area (Å²) in [5.41, 5.74) is 1.58. The molecule has 0 aromatic heterocycles. The van der Waals surface area contributed by atoms with E-state index in [4.69, 9.17) is 0 Å². The van der Waals surface area contributed by atoms with Gasteiger partial charge in [-0.05, 0) is 24.6 Å². The number of piperazine rings is 1. The lowest BCUT2D eigenvalue weighted by Crippen LogP contribution is -2.62. The number of hydrogen-bond donors (Lipinski definition) is 2. The second-order valence-electron chi connectivity index (χ2n) is 8.02. The van der Waals surface area contributed by atoms with Crippen LogP contribution in [0, 0.1) is 0 Å². The second kappa shape index (κ2) is 8.76. The highest BCUT2D eigenvalue weighted by Crippen LogP contribution is 2.32. The molecule has 1 aromatic rings. The Labute approximate surface area is 181 Å². The van der Waals surface area contributed by atoms with E-state index in [1.165, 1.54) is 0 Å². The van der Waals surface area contributed by atoms with Crippen LogP contribution in [0.4, 0.5) is 5.69 Å². The van der Waals surface area contributed by atoms with Gasteiger partial charge in [-0.25, -0.2) is 0 Å². The number of piperidine rings is 1. The topological polar surface area (TPSA) is 102 Å². The van der Waals surface area contributed by atoms with Gasteiger partial charge in [0, 0.05) is 57.4 Å². The molecule has 0 radical (unpaired) electrons. The van der Waals surface area contributed by atoms with Crippen LogP contribution in [0.15, 0.2) is 18.2 Å². The normalized spacial score (nSPS) is 24.4. The molecule has 1 aromatic carbocycles. The van der Waals surface area contributed by atoms with Gasteiger partial charge >= 0.3 is 0 Å². The van der Waals surface area contributed by atoms with Crippen LogP contribution in [-0.4, -0.2) is 84.8 Å². The van der Waals surface area contributed by atoms with Gasteiger partial charge in [-0.1, -0.05) is 13.8 Å². The third-order valence-electron chi connectivity index (χ3n) is 6.32. The minimum absolute atomic E-state index is 0.121. The van der Waals surface area contributed by atoms with E-state index in [0.717, 1.165) is 49.9 Å². The highest BCUT2D eigenvalue weighted by molar-refractivity contribution is 6.23. The fourth-order valence-electron chi connectivity index (χ4n) is 4.60. The molecule has 9 heteroatoms. The Kier molecular flexibility index (Phi) is 6.06. The molecule has 1 atom stereocenters. The number of amides is 4. The molecule has 1 unspecified atom stereocenters. The first-order valence-electron chi connectivity index (χ1n) is 11.1. The average molecular weight is 428 g/mol. The maximum atomic E-state index is 12.9. The van der Waals surface area contributed by atoms with Crippen LogP contribution in [0.25, 0.3) is 0 Å². The maximum Gasteiger partial charge on any atom is 0.262 e. The fourth-order valence-corrected chi connectivity index (χ4v) is 4.60. The van der Waals surface area contributed by atoms with E-state index < -0.39 is 23.8 Å². The van der Waals surface area contributed by atoms with E-state index in [-0.39, 0.29) is 18.7 Å². The molecule has 4 amide bonds. The zero-order valence-corrected chi connectivity index (χ0v) is 18.0. The van der Waals surface area contributed by atoms with E-state index >= 15 is 0 Å². The Bertz CT molecular complexity index is 905. The summed E-state index contributed by atoms with van der Waals surface area (Å²) >= 11 is 0. The van der Waals surface area contributed by atoms with Crippen molar-refractivity contribution in [2.45, 2.75) is 38.8 Å². The van der Waals surface area contributed by atoms with Gasteiger partial charge in [0.1, 0.15) is 6.04 Å². The van der Waals surface area contributed by atoms with Gasteiger partial charge in [0.25, 0.3) is 11.8 Å². The summed E-state index contributed by atoms with van der Waals surface area (Å²) in [5.74, 6) is -1.88. The molecular weight excluding hydrogens is 398 g/mol. The quantitative estimate of drug-likeness (QED) is 0.665. The smallest absolute Gasteiger partial charge is 0.262 e. The molecule has 166 valence electrons. The van der Waals surface area contributed by atoms with Crippen LogP contribution >= 0.6 is 0 Å². The standard InChI is InChI=1S/C20H23N5O4.C2H6/c26-17-4-3-16(18(27)22-17)25-19(28)14-2-1-12(9-15(14)20(25)29)24-10-13(11-24)23-7-5-21-6-8-23;1-2/h1-2,9,13,16,21H,3-8,10-11H2,(H,22,26,27);1-2H3. The summed E-state index contributed by atoms with van der Waals surface area (Å²) in [6.45, 7) is 9.94. The van der Waals surface area contributed by atoms with Crippen LogP contribution in [0.5, 0.6) is 0 Å². The predicted molar refractivity (Wildman–Crippen MR) is 115 cm³/mol. The third-order valence-corrected chi connectivity index (χ3v) is 6.32. The lowest BCUT2D eigenvalue weighted by atomic mass is 10.0. The first-order chi connectivity index (χ1) is 15.0. The minimum atomic E-state index is -0.926. The maximum absolute atomic E-state index is 12.9. The van der Waals surface area contributed by atoms with Crippen molar-refractivity contribution < 1.29 is 19.2 Å². The number of carbonyl (C=O) groups is 4. The predicted octanol–water partition coefficient (Wildman–Crippen LogP) is 0.208. The number of fused-ring (bicyclic) bond motifs is 1. The first-order valence-corrected chi connectivity index (χ1v) is 11.1. The SMILES string of the molecule is CC.O=C1CCC(N2C(=O)c3ccc(N4CC(N5CCNCC5)C4)cc3C2=O)C(=O)N1. The molecule has 0 spiro atoms. The first kappa shape index (κ1) is 21.5. The number of anilines is 1. The second-order valence-corrected chi connectivity index (χ2v) is 8.02. The van der Waals surface area contributed by atoms with Crippen molar-refractivity contribution in [1.82, 2.24) is 20.4 Å². The molecule has 3 saturated heterocycles. The number of carbonyl (C=O) groups excluding carboxylic acids is 4. The molecule has 0 bridgehead atoms. The van der Waals surface area contributed by atoms with Crippen molar-refractivity contribution in [3.8, 4) is 0 Å². The molecule has 9 nitrogen and oxygen atoms in total.